The van der Waals surface area contributed by atoms with Gasteiger partial charge < -0.3 is 4.18 Å². The molecule has 1 aliphatic heterocycles. The largest absolute Gasteiger partial charge is 0.381 e. The van der Waals surface area contributed by atoms with Crippen LogP contribution in [0.5, 0.6) is 5.75 Å². The second-order valence-corrected chi connectivity index (χ2v) is 7.88. The Bertz CT molecular complexity index is 758. The molecule has 0 radical (unpaired) electrons. The van der Waals surface area contributed by atoms with Crippen LogP contribution in [0.1, 0.15) is 5.56 Å². The highest BCUT2D eigenvalue weighted by Gasteiger charge is 2.28. The Morgan fingerprint density at radius 1 is 1.43 bits per heavy atom. The predicted molar refractivity (Wildman–Crippen MR) is 87.9 cm³/mol. The molecule has 5 nitrogen and oxygen atoms in total. The van der Waals surface area contributed by atoms with Gasteiger partial charge in [-0.3, -0.25) is 9.69 Å². The van der Waals surface area contributed by atoms with Gasteiger partial charge in [0.15, 0.2) is 5.75 Å². The van der Waals surface area contributed by atoms with E-state index in [2.05, 4.69) is 0 Å². The van der Waals surface area contributed by atoms with Gasteiger partial charge in [-0.2, -0.15) is 8.42 Å². The first-order valence-electron chi connectivity index (χ1n) is 5.58. The number of benzene rings is 1. The van der Waals surface area contributed by atoms with Crippen LogP contribution >= 0.6 is 35.6 Å². The number of likely N-dealkylation sites (N-methyl/N-ethyl adjacent to an activating group) is 1. The highest BCUT2D eigenvalue weighted by atomic mass is 35.5. The van der Waals surface area contributed by atoms with Crippen LogP contribution in [-0.4, -0.2) is 36.8 Å². The van der Waals surface area contributed by atoms with Crippen molar-refractivity contribution in [3.63, 3.8) is 0 Å². The number of thioether (sulfide) groups is 1. The third-order valence-electron chi connectivity index (χ3n) is 2.48. The Morgan fingerprint density at radius 2 is 2.10 bits per heavy atom. The van der Waals surface area contributed by atoms with E-state index in [1.807, 2.05) is 0 Å². The van der Waals surface area contributed by atoms with Gasteiger partial charge in [-0.25, -0.2) is 0 Å². The van der Waals surface area contributed by atoms with E-state index in [1.165, 1.54) is 28.8 Å². The summed E-state index contributed by atoms with van der Waals surface area (Å²) in [5.74, 6) is -0.142. The molecule has 0 atom stereocenters. The van der Waals surface area contributed by atoms with Crippen molar-refractivity contribution >= 4 is 62.0 Å². The maximum Gasteiger partial charge on any atom is 0.306 e. The fourth-order valence-electron chi connectivity index (χ4n) is 1.53. The van der Waals surface area contributed by atoms with Crippen molar-refractivity contribution in [3.8, 4) is 5.75 Å². The molecule has 1 heterocycles. The number of thiocarbonyl (C=S) groups is 1. The van der Waals surface area contributed by atoms with E-state index in [1.54, 1.807) is 19.2 Å². The smallest absolute Gasteiger partial charge is 0.306 e. The van der Waals surface area contributed by atoms with Crippen molar-refractivity contribution in [3.05, 3.63) is 33.7 Å². The van der Waals surface area contributed by atoms with Crippen LogP contribution in [0.15, 0.2) is 23.1 Å². The van der Waals surface area contributed by atoms with Crippen molar-refractivity contribution in [2.45, 2.75) is 0 Å². The highest BCUT2D eigenvalue weighted by Crippen LogP contribution is 2.33. The van der Waals surface area contributed by atoms with Gasteiger partial charge in [0.2, 0.25) is 0 Å². The van der Waals surface area contributed by atoms with Gasteiger partial charge in [0, 0.05) is 7.05 Å². The summed E-state index contributed by atoms with van der Waals surface area (Å²) < 4.78 is 27.4. The van der Waals surface area contributed by atoms with E-state index in [9.17, 15) is 13.2 Å². The Morgan fingerprint density at radius 3 is 2.57 bits per heavy atom. The van der Waals surface area contributed by atoms with E-state index in [-0.39, 0.29) is 16.7 Å². The summed E-state index contributed by atoms with van der Waals surface area (Å²) in [5, 5.41) is 0.140. The zero-order valence-electron chi connectivity index (χ0n) is 11.0. The molecule has 0 spiro atoms. The van der Waals surface area contributed by atoms with Crippen molar-refractivity contribution in [2.24, 2.45) is 0 Å². The third-order valence-corrected chi connectivity index (χ3v) is 4.74. The summed E-state index contributed by atoms with van der Waals surface area (Å²) in [6.07, 6.45) is 2.57. The fraction of sp³-hybridized carbons (Fsp3) is 0.167. The van der Waals surface area contributed by atoms with E-state index >= 15 is 0 Å². The lowest BCUT2D eigenvalue weighted by atomic mass is 10.2. The number of carbonyl (C=O) groups is 1. The summed E-state index contributed by atoms with van der Waals surface area (Å²) in [5.41, 5.74) is 0.648. The fourth-order valence-corrected chi connectivity index (χ4v) is 3.46. The zero-order valence-corrected chi connectivity index (χ0v) is 14.2. The molecule has 9 heteroatoms. The molecule has 0 aliphatic carbocycles. The monoisotopic (exact) mass is 363 g/mol. The number of carbonyl (C=O) groups excluding carboxylic acids is 1. The van der Waals surface area contributed by atoms with Gasteiger partial charge in [0.25, 0.3) is 5.91 Å². The van der Waals surface area contributed by atoms with Gasteiger partial charge in [-0.05, 0) is 23.8 Å². The van der Waals surface area contributed by atoms with Crippen LogP contribution in [0, 0.1) is 0 Å². The van der Waals surface area contributed by atoms with Crippen molar-refractivity contribution in [2.75, 3.05) is 13.3 Å². The molecular formula is C12H10ClNO4S3. The third kappa shape index (κ3) is 3.97. The summed E-state index contributed by atoms with van der Waals surface area (Å²) in [6.45, 7) is 0. The second kappa shape index (κ2) is 5.96. The molecule has 112 valence electrons. The van der Waals surface area contributed by atoms with Crippen LogP contribution in [0.3, 0.4) is 0 Å². The molecule has 0 unspecified atom stereocenters. The number of rotatable bonds is 3. The van der Waals surface area contributed by atoms with Gasteiger partial charge >= 0.3 is 10.1 Å². The van der Waals surface area contributed by atoms with Gasteiger partial charge in [-0.15, -0.1) is 0 Å². The standard InChI is InChI=1S/C12H10ClNO4S3/c1-14-11(15)10(20-12(14)19)6-7-3-4-9(8(13)5-7)18-21(2,16)17/h3-6H,1-2H3. The molecule has 0 aromatic heterocycles. The molecule has 1 aromatic carbocycles. The first kappa shape index (κ1) is 16.3. The van der Waals surface area contributed by atoms with E-state index in [4.69, 9.17) is 28.0 Å². The van der Waals surface area contributed by atoms with Crippen LogP contribution in [0.25, 0.3) is 6.08 Å². The van der Waals surface area contributed by atoms with E-state index in [0.717, 1.165) is 6.26 Å². The molecule has 1 aromatic rings. The SMILES string of the molecule is CN1C(=O)C(=Cc2ccc(OS(C)(=O)=O)c(Cl)c2)SC1=S. The maximum atomic E-state index is 11.9. The van der Waals surface area contributed by atoms with Crippen LogP contribution in [0.2, 0.25) is 5.02 Å². The number of hydrogen-bond acceptors (Lipinski definition) is 6. The van der Waals surface area contributed by atoms with Crippen molar-refractivity contribution in [1.82, 2.24) is 4.90 Å². The Kier molecular flexibility index (Phi) is 4.62. The minimum atomic E-state index is -3.64. The van der Waals surface area contributed by atoms with Crippen molar-refractivity contribution < 1.29 is 17.4 Å². The molecule has 1 saturated heterocycles. The van der Waals surface area contributed by atoms with Crippen LogP contribution in [0.4, 0.5) is 0 Å². The Hall–Kier alpha value is -1.09. The van der Waals surface area contributed by atoms with Gasteiger partial charge in [-0.1, -0.05) is 41.6 Å². The Labute approximate surface area is 137 Å². The summed E-state index contributed by atoms with van der Waals surface area (Å²) in [6, 6.07) is 4.56. The van der Waals surface area contributed by atoms with Gasteiger partial charge in [0.05, 0.1) is 16.2 Å². The zero-order chi connectivity index (χ0) is 15.8. The lowest BCUT2D eigenvalue weighted by molar-refractivity contribution is -0.121. The number of hydrogen-bond donors (Lipinski definition) is 0. The molecule has 0 N–H and O–H groups in total. The minimum absolute atomic E-state index is 0.0411. The minimum Gasteiger partial charge on any atom is -0.381 e. The average Bonchev–Trinajstić information content (AvgIpc) is 2.59. The summed E-state index contributed by atoms with van der Waals surface area (Å²) >= 11 is 12.2. The molecular weight excluding hydrogens is 354 g/mol. The molecule has 0 bridgehead atoms. The lowest BCUT2D eigenvalue weighted by Gasteiger charge is -2.06. The van der Waals surface area contributed by atoms with E-state index < -0.39 is 10.1 Å². The second-order valence-electron chi connectivity index (χ2n) is 4.22. The molecule has 1 amide bonds. The molecule has 2 rings (SSSR count). The number of nitrogens with zero attached hydrogens (tertiary/aromatic N) is 1. The topological polar surface area (TPSA) is 63.7 Å². The van der Waals surface area contributed by atoms with Crippen molar-refractivity contribution in [1.29, 1.82) is 0 Å². The van der Waals surface area contributed by atoms with Gasteiger partial charge in [0.1, 0.15) is 4.32 Å². The first-order valence-corrected chi connectivity index (χ1v) is 9.00. The first-order chi connectivity index (χ1) is 9.67. The van der Waals surface area contributed by atoms with Crippen LogP contribution < -0.4 is 4.18 Å². The lowest BCUT2D eigenvalue weighted by Crippen LogP contribution is -2.22. The Balaban J connectivity index is 2.29. The normalized spacial score (nSPS) is 17.7. The summed E-state index contributed by atoms with van der Waals surface area (Å²) in [7, 11) is -2.03. The molecule has 1 fully saturated rings. The van der Waals surface area contributed by atoms with Crippen LogP contribution in [-0.2, 0) is 14.9 Å². The van der Waals surface area contributed by atoms with E-state index in [0.29, 0.717) is 14.8 Å². The quantitative estimate of drug-likeness (QED) is 0.467. The number of halogens is 1. The molecule has 0 saturated carbocycles. The maximum absolute atomic E-state index is 11.9. The predicted octanol–water partition coefficient (Wildman–Crippen LogP) is 2.51. The molecule has 21 heavy (non-hydrogen) atoms. The summed E-state index contributed by atoms with van der Waals surface area (Å²) in [4.78, 5) is 13.7. The number of amides is 1. The molecule has 1 aliphatic rings. The highest BCUT2D eigenvalue weighted by molar-refractivity contribution is 8.26. The average molecular weight is 364 g/mol.